The minimum absolute atomic E-state index is 0.0869. The van der Waals surface area contributed by atoms with E-state index in [4.69, 9.17) is 21.8 Å². The van der Waals surface area contributed by atoms with Gasteiger partial charge in [0, 0.05) is 41.6 Å². The summed E-state index contributed by atoms with van der Waals surface area (Å²) in [6.45, 7) is -0.191. The van der Waals surface area contributed by atoms with Crippen molar-refractivity contribution in [1.82, 2.24) is 5.32 Å². The fourth-order valence-corrected chi connectivity index (χ4v) is 1.99. The highest BCUT2D eigenvalue weighted by atomic mass is 16.4. The number of carboxylic acids is 1. The van der Waals surface area contributed by atoms with Crippen molar-refractivity contribution < 1.29 is 19.5 Å². The summed E-state index contributed by atoms with van der Waals surface area (Å²) in [5, 5.41) is 24.3. The number of nitrogens with one attached hydrogen (secondary N) is 3. The third-order valence-corrected chi connectivity index (χ3v) is 3.21. The van der Waals surface area contributed by atoms with Crippen LogP contribution in [0.15, 0.2) is 29.4 Å². The molecule has 11 heteroatoms. The highest BCUT2D eigenvalue weighted by Gasteiger charge is 2.16. The number of aliphatic carboxylic acids is 1. The highest BCUT2D eigenvalue weighted by Crippen LogP contribution is 2.10. The topological polar surface area (TPSA) is 194 Å². The lowest BCUT2D eigenvalue weighted by Crippen LogP contribution is -2.38. The smallest absolute Gasteiger partial charge is 0.305 e. The number of rotatable bonds is 10. The fraction of sp³-hybridized carbons (Fsp3) is 0.333. The molecule has 0 saturated heterocycles. The van der Waals surface area contributed by atoms with Crippen LogP contribution in [-0.4, -0.2) is 41.3 Å². The second kappa shape index (κ2) is 10.3. The van der Waals surface area contributed by atoms with Crippen molar-refractivity contribution in [3.05, 3.63) is 40.3 Å². The van der Waals surface area contributed by atoms with Crippen LogP contribution in [0.4, 0.5) is 5.69 Å². The molecule has 0 heterocycles. The Morgan fingerprint density at radius 2 is 1.85 bits per heavy atom. The summed E-state index contributed by atoms with van der Waals surface area (Å²) in [5.74, 6) is -2.15. The lowest BCUT2D eigenvalue weighted by Gasteiger charge is -2.14. The van der Waals surface area contributed by atoms with Gasteiger partial charge in [-0.15, -0.1) is 0 Å². The first-order valence-corrected chi connectivity index (χ1v) is 7.58. The van der Waals surface area contributed by atoms with E-state index in [1.165, 1.54) is 0 Å². The first-order chi connectivity index (χ1) is 12.3. The van der Waals surface area contributed by atoms with Gasteiger partial charge in [0.15, 0.2) is 0 Å². The van der Waals surface area contributed by atoms with Crippen LogP contribution in [0.5, 0.6) is 0 Å². The van der Waals surface area contributed by atoms with Crippen LogP contribution >= 0.6 is 0 Å². The quantitative estimate of drug-likeness (QED) is 0.136. The zero-order chi connectivity index (χ0) is 19.5. The summed E-state index contributed by atoms with van der Waals surface area (Å²) in [6, 6.07) is 5.49. The second-order valence-electron chi connectivity index (χ2n) is 5.31. The molecule has 0 radical (unpaired) electrons. The zero-order valence-electron chi connectivity index (χ0n) is 13.8. The van der Waals surface area contributed by atoms with Crippen LogP contribution in [0.3, 0.4) is 0 Å². The number of carboxylic acid groups (broad SMARTS) is 1. The molecule has 1 aromatic carbocycles. The lowest BCUT2D eigenvalue weighted by molar-refractivity contribution is -0.137. The van der Waals surface area contributed by atoms with Crippen molar-refractivity contribution in [2.24, 2.45) is 10.8 Å². The Hall–Kier alpha value is -3.59. The number of amides is 2. The van der Waals surface area contributed by atoms with E-state index in [9.17, 15) is 14.4 Å². The molecule has 6 N–H and O–H groups in total. The van der Waals surface area contributed by atoms with Crippen molar-refractivity contribution in [1.29, 1.82) is 5.41 Å². The van der Waals surface area contributed by atoms with Gasteiger partial charge in [0.25, 0.3) is 0 Å². The highest BCUT2D eigenvalue weighted by molar-refractivity contribution is 5.96. The molecule has 0 aromatic heterocycles. The number of benzene rings is 1. The minimum Gasteiger partial charge on any atom is -0.481 e. The number of carbonyl (C=O) groups is 3. The van der Waals surface area contributed by atoms with E-state index >= 15 is 0 Å². The molecule has 0 unspecified atom stereocenters. The number of nitrogen functional groups attached to an aromatic ring is 1. The Bertz CT molecular complexity index is 722. The number of hydrogen-bond donors (Lipinski definition) is 5. The Labute approximate surface area is 148 Å². The van der Waals surface area contributed by atoms with Crippen molar-refractivity contribution in [2.75, 3.05) is 11.9 Å². The molecule has 2 amide bonds. The standard InChI is InChI=1S/C15H19N7O4/c16-15(17)9-1-3-10(4-2-9)20-12(23)5-6-13(24)21-11(7-14(25)26)8-19-22-18/h1-4,11H,5-8H2,(H3,16,17)(H,20,23)(H,21,24)(H,25,26)/t11-/m1/s1. The van der Waals surface area contributed by atoms with Gasteiger partial charge >= 0.3 is 5.97 Å². The third kappa shape index (κ3) is 7.79. The maximum atomic E-state index is 11.9. The molecule has 0 bridgehead atoms. The Morgan fingerprint density at radius 3 is 2.38 bits per heavy atom. The zero-order valence-corrected chi connectivity index (χ0v) is 13.8. The summed E-state index contributed by atoms with van der Waals surface area (Å²) in [5.41, 5.74) is 14.6. The molecular weight excluding hydrogens is 342 g/mol. The normalized spacial score (nSPS) is 10.9. The van der Waals surface area contributed by atoms with Gasteiger partial charge in [-0.3, -0.25) is 19.8 Å². The summed E-state index contributed by atoms with van der Waals surface area (Å²) in [7, 11) is 0. The van der Waals surface area contributed by atoms with E-state index in [1.54, 1.807) is 24.3 Å². The van der Waals surface area contributed by atoms with Crippen LogP contribution in [0.2, 0.25) is 0 Å². The average molecular weight is 361 g/mol. The van der Waals surface area contributed by atoms with Gasteiger partial charge < -0.3 is 21.5 Å². The largest absolute Gasteiger partial charge is 0.481 e. The van der Waals surface area contributed by atoms with Crippen LogP contribution < -0.4 is 16.4 Å². The maximum absolute atomic E-state index is 11.9. The summed E-state index contributed by atoms with van der Waals surface area (Å²) < 4.78 is 0. The molecule has 1 aromatic rings. The van der Waals surface area contributed by atoms with Crippen molar-refractivity contribution >= 4 is 29.3 Å². The van der Waals surface area contributed by atoms with E-state index in [2.05, 4.69) is 20.7 Å². The maximum Gasteiger partial charge on any atom is 0.305 e. The number of hydrogen-bond acceptors (Lipinski definition) is 5. The summed E-state index contributed by atoms with van der Waals surface area (Å²) in [4.78, 5) is 36.9. The molecule has 0 aliphatic carbocycles. The molecule has 0 spiro atoms. The van der Waals surface area contributed by atoms with Gasteiger partial charge in [-0.25, -0.2) is 0 Å². The number of carbonyl (C=O) groups excluding carboxylic acids is 2. The van der Waals surface area contributed by atoms with Gasteiger partial charge in [-0.05, 0) is 29.8 Å². The first-order valence-electron chi connectivity index (χ1n) is 7.58. The monoisotopic (exact) mass is 361 g/mol. The molecule has 26 heavy (non-hydrogen) atoms. The second-order valence-corrected chi connectivity index (χ2v) is 5.31. The van der Waals surface area contributed by atoms with E-state index < -0.39 is 23.8 Å². The third-order valence-electron chi connectivity index (χ3n) is 3.21. The molecule has 1 rings (SSSR count). The van der Waals surface area contributed by atoms with Crippen LogP contribution in [-0.2, 0) is 14.4 Å². The number of azide groups is 1. The van der Waals surface area contributed by atoms with Crippen LogP contribution in [0.25, 0.3) is 10.4 Å². The minimum atomic E-state index is -1.14. The van der Waals surface area contributed by atoms with Gasteiger partial charge in [-0.2, -0.15) is 0 Å². The predicted octanol–water partition coefficient (Wildman–Crippen LogP) is 0.959. The number of anilines is 1. The fourth-order valence-electron chi connectivity index (χ4n) is 1.99. The molecule has 0 saturated carbocycles. The van der Waals surface area contributed by atoms with Crippen LogP contribution in [0, 0.1) is 5.41 Å². The molecule has 138 valence electrons. The average Bonchev–Trinajstić information content (AvgIpc) is 2.58. The van der Waals surface area contributed by atoms with Crippen LogP contribution in [0.1, 0.15) is 24.8 Å². The van der Waals surface area contributed by atoms with Crippen molar-refractivity contribution in [3.63, 3.8) is 0 Å². The van der Waals surface area contributed by atoms with Gasteiger partial charge in [-0.1, -0.05) is 5.11 Å². The predicted molar refractivity (Wildman–Crippen MR) is 93.5 cm³/mol. The van der Waals surface area contributed by atoms with E-state index in [1.807, 2.05) is 0 Å². The number of nitrogens with zero attached hydrogens (tertiary/aromatic N) is 3. The molecule has 11 nitrogen and oxygen atoms in total. The molecule has 0 aliphatic heterocycles. The molecule has 1 atom stereocenters. The Morgan fingerprint density at radius 1 is 1.23 bits per heavy atom. The number of amidine groups is 1. The summed E-state index contributed by atoms with van der Waals surface area (Å²) >= 11 is 0. The van der Waals surface area contributed by atoms with Gasteiger partial charge in [0.2, 0.25) is 11.8 Å². The van der Waals surface area contributed by atoms with Gasteiger partial charge in [0.1, 0.15) is 5.84 Å². The van der Waals surface area contributed by atoms with E-state index in [0.29, 0.717) is 11.3 Å². The number of nitrogens with two attached hydrogens (primary N) is 1. The molecule has 0 aliphatic rings. The molecule has 0 fully saturated rings. The Balaban J connectivity index is 2.46. The SMILES string of the molecule is [N-]=[N+]=NC[C@@H](CC(=O)O)NC(=O)CCC(=O)Nc1ccc(C(=N)N)cc1. The van der Waals surface area contributed by atoms with Crippen molar-refractivity contribution in [3.8, 4) is 0 Å². The first kappa shape index (κ1) is 20.5. The lowest BCUT2D eigenvalue weighted by atomic mass is 10.1. The summed E-state index contributed by atoms with van der Waals surface area (Å²) in [6.07, 6.45) is -0.648. The van der Waals surface area contributed by atoms with E-state index in [-0.39, 0.29) is 31.6 Å². The van der Waals surface area contributed by atoms with Gasteiger partial charge in [0.05, 0.1) is 6.42 Å². The molecular formula is C15H19N7O4. The Kier molecular flexibility index (Phi) is 8.11. The van der Waals surface area contributed by atoms with Crippen molar-refractivity contribution in [2.45, 2.75) is 25.3 Å². The van der Waals surface area contributed by atoms with E-state index in [0.717, 1.165) is 0 Å².